The van der Waals surface area contributed by atoms with E-state index in [1.165, 1.54) is 17.3 Å². The van der Waals surface area contributed by atoms with Gasteiger partial charge >= 0.3 is 0 Å². The number of hydrogen-bond acceptors (Lipinski definition) is 5. The van der Waals surface area contributed by atoms with Crippen LogP contribution < -0.4 is 5.32 Å². The number of aromatic nitrogens is 2. The molecule has 0 aliphatic heterocycles. The molecule has 0 unspecified atom stereocenters. The van der Waals surface area contributed by atoms with E-state index in [0.717, 1.165) is 34.3 Å². The topological polar surface area (TPSA) is 64.1 Å². The van der Waals surface area contributed by atoms with Crippen LogP contribution >= 0.6 is 11.8 Å². The maximum Gasteiger partial charge on any atom is 0.230 e. The molecule has 29 heavy (non-hydrogen) atoms. The molecule has 152 valence electrons. The lowest BCUT2D eigenvalue weighted by Gasteiger charge is -2.10. The lowest BCUT2D eigenvalue weighted by molar-refractivity contribution is -0.118. The molecule has 2 aromatic carbocycles. The van der Waals surface area contributed by atoms with Crippen LogP contribution in [0, 0.1) is 0 Å². The van der Waals surface area contributed by atoms with E-state index in [-0.39, 0.29) is 5.91 Å². The Morgan fingerprint density at radius 2 is 1.93 bits per heavy atom. The average Bonchev–Trinajstić information content (AvgIpc) is 2.77. The highest BCUT2D eigenvalue weighted by molar-refractivity contribution is 8.00. The Balaban J connectivity index is 1.78. The van der Waals surface area contributed by atoms with Gasteiger partial charge in [-0.15, -0.1) is 0 Å². The molecule has 0 bridgehead atoms. The highest BCUT2D eigenvalue weighted by Gasteiger charge is 2.12. The summed E-state index contributed by atoms with van der Waals surface area (Å²) in [6.45, 7) is 6.09. The molecule has 3 aromatic rings. The van der Waals surface area contributed by atoms with E-state index < -0.39 is 0 Å². The minimum Gasteiger partial charge on any atom is -0.382 e. The number of hydrogen-bond donors (Lipinski definition) is 1. The number of aryl methyl sites for hydroxylation is 1. The van der Waals surface area contributed by atoms with Crippen molar-refractivity contribution in [3.05, 3.63) is 54.1 Å². The van der Waals surface area contributed by atoms with Crippen molar-refractivity contribution in [1.82, 2.24) is 15.3 Å². The number of carbonyl (C=O) groups is 1. The van der Waals surface area contributed by atoms with Gasteiger partial charge in [0.2, 0.25) is 5.91 Å². The average molecular weight is 410 g/mol. The molecule has 0 aliphatic rings. The summed E-state index contributed by atoms with van der Waals surface area (Å²) in [5.74, 6) is 1.01. The standard InChI is InChI=1S/C23H27N3O2S/c1-3-17-11-12-20-19(15-17)23(26-22(25-20)18-9-6-5-7-10-18)29-16-21(27)24-13-8-14-28-4-2/h5-7,9-12,15H,3-4,8,13-14,16H2,1-2H3,(H,24,27). The summed E-state index contributed by atoms with van der Waals surface area (Å²) < 4.78 is 5.30. The lowest BCUT2D eigenvalue weighted by atomic mass is 10.1. The monoisotopic (exact) mass is 409 g/mol. The molecule has 0 aliphatic carbocycles. The van der Waals surface area contributed by atoms with Gasteiger partial charge < -0.3 is 10.1 Å². The van der Waals surface area contributed by atoms with Crippen molar-refractivity contribution in [1.29, 1.82) is 0 Å². The molecule has 5 nitrogen and oxygen atoms in total. The molecule has 0 spiro atoms. The quantitative estimate of drug-likeness (QED) is 0.304. The van der Waals surface area contributed by atoms with E-state index in [1.54, 1.807) is 0 Å². The van der Waals surface area contributed by atoms with Crippen molar-refractivity contribution in [3.8, 4) is 11.4 Å². The molecule has 0 atom stereocenters. The summed E-state index contributed by atoms with van der Waals surface area (Å²) in [4.78, 5) is 21.8. The van der Waals surface area contributed by atoms with Gasteiger partial charge in [-0.05, 0) is 37.5 Å². The molecule has 0 radical (unpaired) electrons. The first kappa shape index (κ1) is 21.3. The third-order valence-electron chi connectivity index (χ3n) is 4.50. The van der Waals surface area contributed by atoms with Crippen LogP contribution in [0.1, 0.15) is 25.8 Å². The maximum atomic E-state index is 12.2. The Morgan fingerprint density at radius 1 is 1.10 bits per heavy atom. The first-order chi connectivity index (χ1) is 14.2. The van der Waals surface area contributed by atoms with Gasteiger partial charge in [0.05, 0.1) is 11.3 Å². The Hall–Kier alpha value is -2.44. The van der Waals surface area contributed by atoms with E-state index in [9.17, 15) is 4.79 Å². The molecule has 0 fully saturated rings. The molecule has 1 heterocycles. The molecule has 1 N–H and O–H groups in total. The molecular weight excluding hydrogens is 382 g/mol. The first-order valence-corrected chi connectivity index (χ1v) is 11.0. The van der Waals surface area contributed by atoms with Crippen molar-refractivity contribution in [2.24, 2.45) is 0 Å². The normalized spacial score (nSPS) is 11.0. The Kier molecular flexibility index (Phi) is 8.02. The highest BCUT2D eigenvalue weighted by Crippen LogP contribution is 2.29. The van der Waals surface area contributed by atoms with Crippen molar-refractivity contribution >= 4 is 28.6 Å². The fourth-order valence-electron chi connectivity index (χ4n) is 2.93. The van der Waals surface area contributed by atoms with E-state index in [0.29, 0.717) is 31.3 Å². The van der Waals surface area contributed by atoms with Crippen LogP contribution in [-0.2, 0) is 16.0 Å². The van der Waals surface area contributed by atoms with Crippen LogP contribution in [0.2, 0.25) is 0 Å². The van der Waals surface area contributed by atoms with Crippen LogP contribution in [0.25, 0.3) is 22.3 Å². The van der Waals surface area contributed by atoms with Gasteiger partial charge in [0.25, 0.3) is 0 Å². The third kappa shape index (κ3) is 6.02. The largest absolute Gasteiger partial charge is 0.382 e. The van der Waals surface area contributed by atoms with Gasteiger partial charge in [-0.1, -0.05) is 55.1 Å². The third-order valence-corrected chi connectivity index (χ3v) is 5.49. The Morgan fingerprint density at radius 3 is 2.69 bits per heavy atom. The van der Waals surface area contributed by atoms with E-state index in [4.69, 9.17) is 14.7 Å². The SMILES string of the molecule is CCOCCCNC(=O)CSc1nc(-c2ccccc2)nc2ccc(CC)cc12. The maximum absolute atomic E-state index is 12.2. The zero-order chi connectivity index (χ0) is 20.5. The van der Waals surface area contributed by atoms with Gasteiger partial charge in [-0.25, -0.2) is 9.97 Å². The number of thioether (sulfide) groups is 1. The van der Waals surface area contributed by atoms with Crippen LogP contribution in [-0.4, -0.2) is 41.4 Å². The van der Waals surface area contributed by atoms with Crippen molar-refractivity contribution in [2.75, 3.05) is 25.5 Å². The van der Waals surface area contributed by atoms with E-state index >= 15 is 0 Å². The van der Waals surface area contributed by atoms with Crippen LogP contribution in [0.4, 0.5) is 0 Å². The number of fused-ring (bicyclic) bond motifs is 1. The minimum absolute atomic E-state index is 0.00571. The summed E-state index contributed by atoms with van der Waals surface area (Å²) in [6.07, 6.45) is 1.76. The molecule has 0 saturated heterocycles. The predicted octanol–water partition coefficient (Wildman–Crippen LogP) is 4.49. The number of amides is 1. The smallest absolute Gasteiger partial charge is 0.230 e. The lowest BCUT2D eigenvalue weighted by Crippen LogP contribution is -2.26. The first-order valence-electron chi connectivity index (χ1n) is 10.0. The number of benzene rings is 2. The van der Waals surface area contributed by atoms with E-state index in [2.05, 4.69) is 24.4 Å². The van der Waals surface area contributed by atoms with Gasteiger partial charge in [-0.3, -0.25) is 4.79 Å². The van der Waals surface area contributed by atoms with Gasteiger partial charge in [0, 0.05) is 30.7 Å². The van der Waals surface area contributed by atoms with Crippen LogP contribution in [0.3, 0.4) is 0 Å². The van der Waals surface area contributed by atoms with E-state index in [1.807, 2.05) is 43.3 Å². The number of carbonyl (C=O) groups excluding carboxylic acids is 1. The van der Waals surface area contributed by atoms with Crippen molar-refractivity contribution < 1.29 is 9.53 Å². The van der Waals surface area contributed by atoms with Gasteiger partial charge in [0.15, 0.2) is 5.82 Å². The predicted molar refractivity (Wildman–Crippen MR) is 119 cm³/mol. The minimum atomic E-state index is 0.00571. The molecule has 0 saturated carbocycles. The zero-order valence-electron chi connectivity index (χ0n) is 17.0. The number of ether oxygens (including phenoxy) is 1. The van der Waals surface area contributed by atoms with Gasteiger partial charge in [0.1, 0.15) is 5.03 Å². The summed E-state index contributed by atoms with van der Waals surface area (Å²) in [6, 6.07) is 16.2. The van der Waals surface area contributed by atoms with Crippen molar-refractivity contribution in [2.45, 2.75) is 31.7 Å². The summed E-state index contributed by atoms with van der Waals surface area (Å²) in [7, 11) is 0. The molecule has 3 rings (SSSR count). The Labute approximate surface area is 176 Å². The summed E-state index contributed by atoms with van der Waals surface area (Å²) in [5.41, 5.74) is 3.10. The fraction of sp³-hybridized carbons (Fsp3) is 0.348. The van der Waals surface area contributed by atoms with Crippen LogP contribution in [0.15, 0.2) is 53.6 Å². The van der Waals surface area contributed by atoms with Gasteiger partial charge in [-0.2, -0.15) is 0 Å². The molecule has 1 aromatic heterocycles. The highest BCUT2D eigenvalue weighted by atomic mass is 32.2. The molecular formula is C23H27N3O2S. The second-order valence-corrected chi connectivity index (χ2v) is 7.58. The summed E-state index contributed by atoms with van der Waals surface area (Å²) in [5, 5.41) is 4.79. The number of nitrogens with zero attached hydrogens (tertiary/aromatic N) is 2. The number of nitrogens with one attached hydrogen (secondary N) is 1. The second-order valence-electron chi connectivity index (χ2n) is 6.61. The molecule has 6 heteroatoms. The second kappa shape index (κ2) is 10.9. The van der Waals surface area contributed by atoms with Crippen molar-refractivity contribution in [3.63, 3.8) is 0 Å². The number of rotatable bonds is 10. The Bertz CT molecular complexity index is 948. The zero-order valence-corrected chi connectivity index (χ0v) is 17.8. The fourth-order valence-corrected chi connectivity index (χ4v) is 3.76. The van der Waals surface area contributed by atoms with Crippen LogP contribution in [0.5, 0.6) is 0 Å². The molecule has 1 amide bonds. The summed E-state index contributed by atoms with van der Waals surface area (Å²) >= 11 is 1.46.